The van der Waals surface area contributed by atoms with Crippen molar-refractivity contribution in [1.82, 2.24) is 4.57 Å². The largest absolute Gasteiger partial charge is 0.493 e. The normalized spacial score (nSPS) is 15.0. The molecule has 0 spiro atoms. The van der Waals surface area contributed by atoms with Crippen molar-refractivity contribution >= 4 is 11.3 Å². The Kier molecular flexibility index (Phi) is 5.93. The van der Waals surface area contributed by atoms with E-state index in [0.717, 1.165) is 16.1 Å². The molecular weight excluding hydrogens is 426 g/mol. The van der Waals surface area contributed by atoms with E-state index in [1.807, 2.05) is 48.7 Å². The lowest BCUT2D eigenvalue weighted by Crippen LogP contribution is -2.33. The van der Waals surface area contributed by atoms with Gasteiger partial charge >= 0.3 is 0 Å². The molecule has 1 aromatic carbocycles. The molecule has 0 unspecified atom stereocenters. The average molecular weight is 450 g/mol. The van der Waals surface area contributed by atoms with Gasteiger partial charge in [0.25, 0.3) is 5.56 Å². The maximum absolute atomic E-state index is 13.6. The van der Waals surface area contributed by atoms with E-state index in [-0.39, 0.29) is 17.0 Å². The molecule has 4 rings (SSSR count). The van der Waals surface area contributed by atoms with E-state index in [1.54, 1.807) is 18.8 Å². The lowest BCUT2D eigenvalue weighted by molar-refractivity contribution is 0.354. The lowest BCUT2D eigenvalue weighted by atomic mass is 9.88. The standard InChI is InChI=1S/C24H23N3O4S/c1-14-11-19-22(21(20-5-4-10-32-20)16(13-25)23(26)31-19)24(28)27(14)9-8-15-6-7-17(29-2)18(12-15)30-3/h4-7,10-12,21H,8-9,26H2,1-3H3/t21-/m1/s1. The predicted octanol–water partition coefficient (Wildman–Crippen LogP) is 3.70. The fraction of sp³-hybridized carbons (Fsp3) is 0.250. The molecule has 0 radical (unpaired) electrons. The highest BCUT2D eigenvalue weighted by Crippen LogP contribution is 2.42. The second-order valence-corrected chi connectivity index (χ2v) is 8.38. The van der Waals surface area contributed by atoms with Gasteiger partial charge in [-0.3, -0.25) is 4.79 Å². The van der Waals surface area contributed by atoms with Crippen LogP contribution in [0, 0.1) is 18.3 Å². The number of fused-ring (bicyclic) bond motifs is 1. The number of hydrogen-bond acceptors (Lipinski definition) is 7. The summed E-state index contributed by atoms with van der Waals surface area (Å²) in [6, 6.07) is 13.5. The molecule has 0 saturated carbocycles. The predicted molar refractivity (Wildman–Crippen MR) is 122 cm³/mol. The van der Waals surface area contributed by atoms with Crippen molar-refractivity contribution < 1.29 is 14.2 Å². The number of benzene rings is 1. The first-order valence-corrected chi connectivity index (χ1v) is 10.9. The number of aryl methyl sites for hydroxylation is 2. The van der Waals surface area contributed by atoms with E-state index in [0.29, 0.717) is 35.8 Å². The number of nitrogens with zero attached hydrogens (tertiary/aromatic N) is 2. The van der Waals surface area contributed by atoms with Gasteiger partial charge in [0, 0.05) is 23.2 Å². The molecule has 3 aromatic rings. The minimum atomic E-state index is -0.538. The van der Waals surface area contributed by atoms with Crippen LogP contribution in [0.1, 0.15) is 27.6 Å². The summed E-state index contributed by atoms with van der Waals surface area (Å²) in [5.74, 6) is 1.21. The number of aromatic nitrogens is 1. The molecular formula is C24H23N3O4S. The monoisotopic (exact) mass is 449 g/mol. The Bertz CT molecular complexity index is 1290. The highest BCUT2D eigenvalue weighted by molar-refractivity contribution is 7.10. The van der Waals surface area contributed by atoms with Crippen molar-refractivity contribution in [2.75, 3.05) is 14.2 Å². The number of thiophene rings is 1. The molecule has 0 saturated heterocycles. The van der Waals surface area contributed by atoms with Gasteiger partial charge in [0.2, 0.25) is 5.88 Å². The molecule has 0 bridgehead atoms. The number of ether oxygens (including phenoxy) is 3. The van der Waals surface area contributed by atoms with Crippen LogP contribution in [0.4, 0.5) is 0 Å². The second-order valence-electron chi connectivity index (χ2n) is 7.40. The van der Waals surface area contributed by atoms with Crippen LogP contribution in [-0.2, 0) is 13.0 Å². The maximum atomic E-state index is 13.6. The molecule has 1 aliphatic rings. The van der Waals surface area contributed by atoms with Gasteiger partial charge in [-0.05, 0) is 42.5 Å². The van der Waals surface area contributed by atoms with Crippen LogP contribution in [0.25, 0.3) is 0 Å². The van der Waals surface area contributed by atoms with E-state index in [9.17, 15) is 10.1 Å². The molecule has 0 aliphatic carbocycles. The molecule has 1 aliphatic heterocycles. The number of methoxy groups -OCH3 is 2. The first kappa shape index (κ1) is 21.5. The summed E-state index contributed by atoms with van der Waals surface area (Å²) in [7, 11) is 3.19. The summed E-state index contributed by atoms with van der Waals surface area (Å²) < 4.78 is 18.1. The van der Waals surface area contributed by atoms with Crippen molar-refractivity contribution in [3.63, 3.8) is 0 Å². The van der Waals surface area contributed by atoms with Crippen molar-refractivity contribution in [3.8, 4) is 23.3 Å². The first-order chi connectivity index (χ1) is 15.5. The molecule has 0 fully saturated rings. The van der Waals surface area contributed by atoms with Gasteiger partial charge in [-0.25, -0.2) is 0 Å². The smallest absolute Gasteiger partial charge is 0.258 e. The van der Waals surface area contributed by atoms with Crippen LogP contribution < -0.4 is 25.5 Å². The van der Waals surface area contributed by atoms with Crippen LogP contribution in [-0.4, -0.2) is 18.8 Å². The first-order valence-electron chi connectivity index (χ1n) is 10.0. The van der Waals surface area contributed by atoms with Crippen LogP contribution in [0.3, 0.4) is 0 Å². The zero-order valence-electron chi connectivity index (χ0n) is 18.0. The van der Waals surface area contributed by atoms with Crippen molar-refractivity contribution in [3.05, 3.63) is 85.3 Å². The highest BCUT2D eigenvalue weighted by atomic mass is 32.1. The minimum Gasteiger partial charge on any atom is -0.493 e. The molecule has 2 aromatic heterocycles. The average Bonchev–Trinajstić information content (AvgIpc) is 3.32. The van der Waals surface area contributed by atoms with Crippen LogP contribution in [0.5, 0.6) is 17.2 Å². The van der Waals surface area contributed by atoms with Gasteiger partial charge in [0.05, 0.1) is 25.7 Å². The Labute approximate surface area is 189 Å². The van der Waals surface area contributed by atoms with Gasteiger partial charge in [0.1, 0.15) is 17.4 Å². The van der Waals surface area contributed by atoms with E-state index in [2.05, 4.69) is 6.07 Å². The molecule has 1 atom stereocenters. The minimum absolute atomic E-state index is 0.0419. The maximum Gasteiger partial charge on any atom is 0.258 e. The third-order valence-corrected chi connectivity index (χ3v) is 6.53. The van der Waals surface area contributed by atoms with Crippen LogP contribution in [0.2, 0.25) is 0 Å². The van der Waals surface area contributed by atoms with Crippen molar-refractivity contribution in [2.24, 2.45) is 5.73 Å². The summed E-state index contributed by atoms with van der Waals surface area (Å²) in [5, 5.41) is 11.6. The fourth-order valence-corrected chi connectivity index (χ4v) is 4.82. The van der Waals surface area contributed by atoms with Gasteiger partial charge in [-0.15, -0.1) is 11.3 Å². The molecule has 2 N–H and O–H groups in total. The summed E-state index contributed by atoms with van der Waals surface area (Å²) in [6.45, 7) is 2.32. The summed E-state index contributed by atoms with van der Waals surface area (Å²) in [4.78, 5) is 14.5. The van der Waals surface area contributed by atoms with E-state index < -0.39 is 5.92 Å². The topological polar surface area (TPSA) is 99.5 Å². The molecule has 8 heteroatoms. The highest BCUT2D eigenvalue weighted by Gasteiger charge is 2.34. The Morgan fingerprint density at radius 1 is 1.22 bits per heavy atom. The number of pyridine rings is 1. The summed E-state index contributed by atoms with van der Waals surface area (Å²) in [5.41, 5.74) is 8.32. The number of nitriles is 1. The number of allylic oxidation sites excluding steroid dienone is 1. The summed E-state index contributed by atoms with van der Waals surface area (Å²) >= 11 is 1.48. The summed E-state index contributed by atoms with van der Waals surface area (Å²) in [6.07, 6.45) is 0.619. The Morgan fingerprint density at radius 2 is 2.00 bits per heavy atom. The zero-order valence-corrected chi connectivity index (χ0v) is 18.9. The Balaban J connectivity index is 1.74. The fourth-order valence-electron chi connectivity index (χ4n) is 3.98. The van der Waals surface area contributed by atoms with Crippen LogP contribution >= 0.6 is 11.3 Å². The van der Waals surface area contributed by atoms with E-state index in [4.69, 9.17) is 19.9 Å². The number of nitrogens with two attached hydrogens (primary N) is 1. The Hall–Kier alpha value is -3.70. The number of hydrogen-bond donors (Lipinski definition) is 1. The van der Waals surface area contributed by atoms with Gasteiger partial charge in [0.15, 0.2) is 11.5 Å². The molecule has 0 amide bonds. The molecule has 32 heavy (non-hydrogen) atoms. The van der Waals surface area contributed by atoms with Crippen molar-refractivity contribution in [1.29, 1.82) is 5.26 Å². The third kappa shape index (κ3) is 3.72. The van der Waals surface area contributed by atoms with Crippen molar-refractivity contribution in [2.45, 2.75) is 25.8 Å². The lowest BCUT2D eigenvalue weighted by Gasteiger charge is -2.26. The quantitative estimate of drug-likeness (QED) is 0.616. The van der Waals surface area contributed by atoms with Gasteiger partial charge < -0.3 is 24.5 Å². The van der Waals surface area contributed by atoms with Gasteiger partial charge in [-0.1, -0.05) is 12.1 Å². The molecule has 164 valence electrons. The third-order valence-electron chi connectivity index (χ3n) is 5.59. The SMILES string of the molecule is COc1ccc(CCn2c(C)cc3c(c2=O)[C@@H](c2cccs2)C(C#N)=C(N)O3)cc1OC. The van der Waals surface area contributed by atoms with Crippen LogP contribution in [0.15, 0.2) is 58.0 Å². The Morgan fingerprint density at radius 3 is 2.66 bits per heavy atom. The number of rotatable bonds is 6. The van der Waals surface area contributed by atoms with E-state index >= 15 is 0 Å². The van der Waals surface area contributed by atoms with Gasteiger partial charge in [-0.2, -0.15) is 5.26 Å². The molecule has 7 nitrogen and oxygen atoms in total. The van der Waals surface area contributed by atoms with E-state index in [1.165, 1.54) is 11.3 Å². The zero-order chi connectivity index (χ0) is 22.8. The molecule has 3 heterocycles. The second kappa shape index (κ2) is 8.81.